The fourth-order valence-electron chi connectivity index (χ4n) is 8.05. The molecule has 210 valence electrons. The smallest absolute Gasteiger partial charge is 0.169 e. The van der Waals surface area contributed by atoms with E-state index in [1.54, 1.807) is 24.3 Å². The molecule has 2 saturated heterocycles. The van der Waals surface area contributed by atoms with E-state index in [0.29, 0.717) is 34.7 Å². The Hall–Kier alpha value is -3.39. The van der Waals surface area contributed by atoms with Crippen LogP contribution in [0.3, 0.4) is 0 Å². The van der Waals surface area contributed by atoms with Crippen molar-refractivity contribution in [2.24, 2.45) is 29.6 Å². The molecule has 2 aliphatic heterocycles. The van der Waals surface area contributed by atoms with Crippen LogP contribution < -0.4 is 20.7 Å². The molecule has 1 aromatic heterocycles. The number of piperidine rings is 1. The molecule has 2 unspecified atom stereocenters. The molecule has 0 amide bonds. The van der Waals surface area contributed by atoms with Crippen LogP contribution in [0.25, 0.3) is 11.3 Å². The number of hydrogen-bond acceptors (Lipinski definition) is 7. The number of aromatic nitrogens is 2. The zero-order chi connectivity index (χ0) is 27.2. The van der Waals surface area contributed by atoms with Gasteiger partial charge in [0.05, 0.1) is 11.4 Å². The monoisotopic (exact) mass is 543 g/mol. The van der Waals surface area contributed by atoms with Crippen molar-refractivity contribution >= 4 is 11.5 Å². The Labute approximate surface area is 234 Å². The fraction of sp³-hybridized carbons (Fsp3) is 0.500. The first kappa shape index (κ1) is 25.6. The van der Waals surface area contributed by atoms with Crippen LogP contribution in [0.5, 0.6) is 11.5 Å². The van der Waals surface area contributed by atoms with Crippen LogP contribution in [0.15, 0.2) is 48.5 Å². The molecule has 4 N–H and O–H groups in total. The Bertz CT molecular complexity index is 1380. The highest BCUT2D eigenvalue weighted by Crippen LogP contribution is 2.65. The van der Waals surface area contributed by atoms with Crippen LogP contribution >= 0.6 is 0 Å². The van der Waals surface area contributed by atoms with E-state index in [2.05, 4.69) is 26.5 Å². The lowest BCUT2D eigenvalue weighted by Crippen LogP contribution is -2.61. The number of rotatable bonds is 6. The summed E-state index contributed by atoms with van der Waals surface area (Å²) in [6.07, 6.45) is 6.49. The van der Waals surface area contributed by atoms with E-state index in [4.69, 9.17) is 10.5 Å². The van der Waals surface area contributed by atoms with Gasteiger partial charge in [0, 0.05) is 24.7 Å². The molecule has 3 aromatic rings. The van der Waals surface area contributed by atoms with E-state index >= 15 is 0 Å². The number of nitrogens with zero attached hydrogens (tertiary/aromatic N) is 3. The number of halogens is 1. The van der Waals surface area contributed by atoms with E-state index in [-0.39, 0.29) is 17.7 Å². The first-order chi connectivity index (χ1) is 19.5. The number of hydrogen-bond donors (Lipinski definition) is 3. The maximum Gasteiger partial charge on any atom is 0.169 e. The van der Waals surface area contributed by atoms with Crippen molar-refractivity contribution in [1.29, 1.82) is 0 Å². The van der Waals surface area contributed by atoms with Crippen LogP contribution in [0, 0.1) is 35.4 Å². The lowest BCUT2D eigenvalue weighted by atomic mass is 9.40. The number of aromatic hydroxyl groups is 1. The van der Waals surface area contributed by atoms with Gasteiger partial charge in [0.15, 0.2) is 5.82 Å². The van der Waals surface area contributed by atoms with Crippen molar-refractivity contribution in [3.63, 3.8) is 0 Å². The Morgan fingerprint density at radius 1 is 1.00 bits per heavy atom. The molecule has 0 radical (unpaired) electrons. The largest absolute Gasteiger partial charge is 0.507 e. The summed E-state index contributed by atoms with van der Waals surface area (Å²) in [6, 6.07) is 14.5. The van der Waals surface area contributed by atoms with Crippen LogP contribution in [-0.2, 0) is 6.42 Å². The lowest BCUT2D eigenvalue weighted by molar-refractivity contribution is -0.158. The summed E-state index contributed by atoms with van der Waals surface area (Å²) in [5.41, 5.74) is 9.58. The molecule has 7 nitrogen and oxygen atoms in total. The number of para-hydroxylation sites is 1. The van der Waals surface area contributed by atoms with Crippen LogP contribution in [0.4, 0.5) is 15.9 Å². The molecule has 8 heteroatoms. The first-order valence-corrected chi connectivity index (χ1v) is 14.9. The van der Waals surface area contributed by atoms with Gasteiger partial charge in [-0.15, -0.1) is 10.2 Å². The molecule has 5 atom stereocenters. The van der Waals surface area contributed by atoms with Gasteiger partial charge in [-0.2, -0.15) is 0 Å². The molecule has 2 aromatic carbocycles. The number of nitrogens with two attached hydrogens (primary N) is 1. The van der Waals surface area contributed by atoms with Crippen LogP contribution in [-0.4, -0.2) is 47.6 Å². The average molecular weight is 544 g/mol. The normalized spacial score (nSPS) is 28.0. The van der Waals surface area contributed by atoms with Gasteiger partial charge < -0.3 is 25.8 Å². The van der Waals surface area contributed by atoms with Crippen molar-refractivity contribution in [3.8, 4) is 22.8 Å². The van der Waals surface area contributed by atoms with Crippen molar-refractivity contribution in [2.75, 3.05) is 36.8 Å². The summed E-state index contributed by atoms with van der Waals surface area (Å²) in [7, 11) is 0. The number of anilines is 2. The molecular formula is C32H38FN5O2. The van der Waals surface area contributed by atoms with Gasteiger partial charge in [-0.25, -0.2) is 4.39 Å². The van der Waals surface area contributed by atoms with Gasteiger partial charge >= 0.3 is 0 Å². The Morgan fingerprint density at radius 2 is 1.82 bits per heavy atom. The SMILES string of the molecule is Nc1nnc(-c2ccccc2O)cc1N1CC[C@H]2CC3C2[C@H](CC1)[C@@H]3Cc1cc(F)cc(OC2CCNCC2)c1. The minimum atomic E-state index is -0.200. The first-order valence-electron chi connectivity index (χ1n) is 14.9. The van der Waals surface area contributed by atoms with Gasteiger partial charge in [-0.05, 0) is 117 Å². The third-order valence-electron chi connectivity index (χ3n) is 10.0. The highest BCUT2D eigenvalue weighted by molar-refractivity contribution is 5.74. The topological polar surface area (TPSA) is 96.5 Å². The molecule has 7 rings (SSSR count). The quantitative estimate of drug-likeness (QED) is 0.401. The van der Waals surface area contributed by atoms with Crippen molar-refractivity contribution in [3.05, 3.63) is 59.9 Å². The third-order valence-corrected chi connectivity index (χ3v) is 10.0. The molecule has 2 saturated carbocycles. The maximum absolute atomic E-state index is 14.6. The second kappa shape index (κ2) is 10.5. The second-order valence-corrected chi connectivity index (χ2v) is 12.2. The standard InChI is InChI=1S/C32H38FN5O2/c33-21-13-19(14-23(17-21)40-22-5-9-35-10-6-22)15-26-24-8-12-38(11-7-20-16-27(26)31(20)24)29-18-28(36-37-32(29)34)25-3-1-2-4-30(25)39/h1-4,13-14,17-18,20,22,24,26-27,31,35,39H,5-12,15-16H2,(H2,34,37)/t20-,24+,26-,27?,31?/m0/s1. The van der Waals surface area contributed by atoms with Crippen molar-refractivity contribution < 1.29 is 14.2 Å². The summed E-state index contributed by atoms with van der Waals surface area (Å²) in [5, 5.41) is 22.2. The molecule has 4 fully saturated rings. The Balaban J connectivity index is 1.06. The zero-order valence-corrected chi connectivity index (χ0v) is 22.8. The summed E-state index contributed by atoms with van der Waals surface area (Å²) in [5.74, 6) is 4.61. The van der Waals surface area contributed by atoms with Gasteiger partial charge in [-0.1, -0.05) is 12.1 Å². The molecule has 2 aliphatic carbocycles. The summed E-state index contributed by atoms with van der Waals surface area (Å²) >= 11 is 0. The van der Waals surface area contributed by atoms with Crippen molar-refractivity contribution in [2.45, 2.75) is 44.6 Å². The molecular weight excluding hydrogens is 505 g/mol. The number of ether oxygens (including phenoxy) is 1. The highest BCUT2D eigenvalue weighted by Gasteiger charge is 2.59. The van der Waals surface area contributed by atoms with E-state index in [1.165, 1.54) is 6.42 Å². The molecule has 4 aliphatic rings. The summed E-state index contributed by atoms with van der Waals surface area (Å²) in [4.78, 5) is 2.36. The zero-order valence-electron chi connectivity index (χ0n) is 22.8. The number of nitrogens with one attached hydrogen (secondary N) is 1. The predicted octanol–water partition coefficient (Wildman–Crippen LogP) is 5.04. The Morgan fingerprint density at radius 3 is 2.67 bits per heavy atom. The summed E-state index contributed by atoms with van der Waals surface area (Å²) in [6.45, 7) is 3.76. The highest BCUT2D eigenvalue weighted by atomic mass is 19.1. The second-order valence-electron chi connectivity index (χ2n) is 12.2. The predicted molar refractivity (Wildman–Crippen MR) is 154 cm³/mol. The number of nitrogen functional groups attached to an aromatic ring is 1. The molecule has 0 spiro atoms. The molecule has 40 heavy (non-hydrogen) atoms. The number of phenolic OH excluding ortho intramolecular Hbond substituents is 1. The minimum Gasteiger partial charge on any atom is -0.507 e. The molecule has 3 heterocycles. The van der Waals surface area contributed by atoms with E-state index < -0.39 is 0 Å². The van der Waals surface area contributed by atoms with E-state index in [9.17, 15) is 9.50 Å². The maximum atomic E-state index is 14.6. The van der Waals surface area contributed by atoms with Crippen molar-refractivity contribution in [1.82, 2.24) is 15.5 Å². The lowest BCUT2D eigenvalue weighted by Gasteiger charge is -2.65. The van der Waals surface area contributed by atoms with Gasteiger partial charge in [0.25, 0.3) is 0 Å². The summed E-state index contributed by atoms with van der Waals surface area (Å²) < 4.78 is 20.8. The number of benzene rings is 2. The molecule has 0 bridgehead atoms. The number of phenols is 1. The van der Waals surface area contributed by atoms with Crippen LogP contribution in [0.2, 0.25) is 0 Å². The average Bonchev–Trinajstić information content (AvgIpc) is 2.93. The minimum absolute atomic E-state index is 0.162. The Kier molecular flexibility index (Phi) is 6.74. The van der Waals surface area contributed by atoms with Gasteiger partial charge in [-0.3, -0.25) is 0 Å². The fourth-order valence-corrected chi connectivity index (χ4v) is 8.05. The van der Waals surface area contributed by atoms with E-state index in [0.717, 1.165) is 87.3 Å². The van der Waals surface area contributed by atoms with E-state index in [1.807, 2.05) is 18.2 Å². The van der Waals surface area contributed by atoms with Crippen LogP contribution in [0.1, 0.15) is 37.7 Å². The third kappa shape index (κ3) is 4.76. The van der Waals surface area contributed by atoms with Gasteiger partial charge in [0.2, 0.25) is 0 Å². The van der Waals surface area contributed by atoms with Gasteiger partial charge in [0.1, 0.15) is 23.4 Å².